The number of carbonyl (C=O) groups excluding carboxylic acids is 2. The average Bonchev–Trinajstić information content (AvgIpc) is 3.36. The molecule has 70 heavy (non-hydrogen) atoms. The molecule has 0 amide bonds. The van der Waals surface area contributed by atoms with Crippen LogP contribution in [0, 0.1) is 22.7 Å². The van der Waals surface area contributed by atoms with Gasteiger partial charge in [0, 0.05) is 10.8 Å². The SMILES string of the molecule is O=C(OCC12CC3CC(C1)CC(COC(=O)C(F)(F)S(=O)(=O)[O-])(C3)C2)C(F)(F)SOO[O-].c1ccc([S+](c2ccccc2)c2ccccc2)cc1.c1ccc([S+](c2ccccc2)c2ccccc2)cc1. The summed E-state index contributed by atoms with van der Waals surface area (Å²) in [5, 5.41) is 3.02. The van der Waals surface area contributed by atoms with Crippen molar-refractivity contribution < 1.29 is 64.2 Å². The Morgan fingerprint density at radius 1 is 0.543 bits per heavy atom. The third-order valence-electron chi connectivity index (χ3n) is 12.2. The van der Waals surface area contributed by atoms with E-state index in [0.29, 0.717) is 25.7 Å². The number of rotatable bonds is 16. The van der Waals surface area contributed by atoms with Gasteiger partial charge in [0.1, 0.15) is 12.0 Å². The Kier molecular flexibility index (Phi) is 17.6. The highest BCUT2D eigenvalue weighted by Crippen LogP contribution is 2.65. The maximum absolute atomic E-state index is 13.6. The smallest absolute Gasteiger partial charge is 0.428 e. The Balaban J connectivity index is 0.000000163. The third kappa shape index (κ3) is 13.2. The van der Waals surface area contributed by atoms with Crippen molar-refractivity contribution in [3.8, 4) is 0 Å². The van der Waals surface area contributed by atoms with Gasteiger partial charge in [-0.2, -0.15) is 21.9 Å². The number of hydrogen-bond acceptors (Lipinski definition) is 11. The van der Waals surface area contributed by atoms with Gasteiger partial charge in [-0.25, -0.2) is 18.0 Å². The molecule has 0 spiro atoms. The van der Waals surface area contributed by atoms with Crippen molar-refractivity contribution in [3.63, 3.8) is 0 Å². The van der Waals surface area contributed by atoms with Crippen LogP contribution in [0.3, 0.4) is 0 Å². The molecular formula is C52H48F4O10S4. The highest BCUT2D eigenvalue weighted by Gasteiger charge is 2.60. The summed E-state index contributed by atoms with van der Waals surface area (Å²) in [6, 6.07) is 64.3. The quantitative estimate of drug-likeness (QED) is 0.0173. The van der Waals surface area contributed by atoms with Crippen molar-refractivity contribution in [1.29, 1.82) is 0 Å². The Labute approximate surface area is 414 Å². The van der Waals surface area contributed by atoms with Crippen LogP contribution < -0.4 is 5.26 Å². The van der Waals surface area contributed by atoms with Crippen LogP contribution >= 0.6 is 12.0 Å². The molecule has 0 N–H and O–H groups in total. The molecule has 4 fully saturated rings. The molecule has 4 saturated carbocycles. The van der Waals surface area contributed by atoms with E-state index in [1.807, 2.05) is 0 Å². The van der Waals surface area contributed by atoms with Gasteiger partial charge in [0.25, 0.3) is 0 Å². The van der Waals surface area contributed by atoms with Gasteiger partial charge >= 0.3 is 22.4 Å². The van der Waals surface area contributed by atoms with Crippen molar-refractivity contribution >= 4 is 55.9 Å². The summed E-state index contributed by atoms with van der Waals surface area (Å²) in [6.45, 7) is -1.01. The van der Waals surface area contributed by atoms with Gasteiger partial charge in [-0.15, -0.1) is 0 Å². The van der Waals surface area contributed by atoms with Crippen LogP contribution in [0.5, 0.6) is 0 Å². The number of hydrogen-bond donors (Lipinski definition) is 0. The lowest BCUT2D eigenvalue weighted by Gasteiger charge is -2.61. The normalized spacial score (nSPS) is 20.4. The zero-order valence-electron chi connectivity index (χ0n) is 37.4. The Bertz CT molecular complexity index is 2390. The molecule has 0 aliphatic heterocycles. The predicted octanol–water partition coefficient (Wildman–Crippen LogP) is 10.8. The first kappa shape index (κ1) is 52.6. The maximum atomic E-state index is 13.6. The van der Waals surface area contributed by atoms with E-state index < -0.39 is 68.7 Å². The summed E-state index contributed by atoms with van der Waals surface area (Å²) in [4.78, 5) is 31.4. The second kappa shape index (κ2) is 23.4. The second-order valence-corrected chi connectivity index (χ2v) is 23.6. The van der Waals surface area contributed by atoms with E-state index in [4.69, 9.17) is 4.74 Å². The molecule has 4 bridgehead atoms. The predicted molar refractivity (Wildman–Crippen MR) is 254 cm³/mol. The van der Waals surface area contributed by atoms with Crippen molar-refractivity contribution in [2.24, 2.45) is 22.7 Å². The lowest BCUT2D eigenvalue weighted by atomic mass is 9.44. The lowest BCUT2D eigenvalue weighted by molar-refractivity contribution is -0.777. The van der Waals surface area contributed by atoms with Crippen LogP contribution in [0.15, 0.2) is 211 Å². The van der Waals surface area contributed by atoms with Gasteiger partial charge < -0.3 is 19.3 Å². The number of benzene rings is 6. The molecule has 10 nitrogen and oxygen atoms in total. The average molecular weight is 1040 g/mol. The Hall–Kier alpha value is -5.18. The van der Waals surface area contributed by atoms with Gasteiger partial charge in [-0.05, 0) is 123 Å². The van der Waals surface area contributed by atoms with Crippen LogP contribution in [-0.4, -0.2) is 48.6 Å². The minimum absolute atomic E-state index is 0.0146. The summed E-state index contributed by atoms with van der Waals surface area (Å²) < 4.78 is 98.6. The summed E-state index contributed by atoms with van der Waals surface area (Å²) in [7, 11) is -6.29. The molecule has 6 aromatic carbocycles. The number of halogens is 4. The molecule has 0 radical (unpaired) electrons. The first-order chi connectivity index (χ1) is 33.5. The monoisotopic (exact) mass is 1040 g/mol. The summed E-state index contributed by atoms with van der Waals surface area (Å²) >= 11 is -0.827. The number of ether oxygens (including phenoxy) is 2. The zero-order chi connectivity index (χ0) is 49.8. The fourth-order valence-corrected chi connectivity index (χ4v) is 14.7. The van der Waals surface area contributed by atoms with E-state index in [1.165, 1.54) is 29.4 Å². The molecule has 2 atom stereocenters. The van der Waals surface area contributed by atoms with Crippen LogP contribution in [0.4, 0.5) is 17.6 Å². The van der Waals surface area contributed by atoms with E-state index in [0.717, 1.165) is 6.42 Å². The minimum Gasteiger partial charge on any atom is -0.743 e. The highest BCUT2D eigenvalue weighted by molar-refractivity contribution is 7.97. The molecule has 4 aliphatic rings. The first-order valence-corrected chi connectivity index (χ1v) is 26.6. The number of carbonyl (C=O) groups is 2. The maximum Gasteiger partial charge on any atom is 0.428 e. The molecule has 0 aromatic heterocycles. The van der Waals surface area contributed by atoms with Gasteiger partial charge in [0.05, 0.1) is 35.0 Å². The second-order valence-electron chi connectivity index (χ2n) is 17.3. The Morgan fingerprint density at radius 3 is 1.10 bits per heavy atom. The fourth-order valence-electron chi connectivity index (χ4n) is 9.94. The van der Waals surface area contributed by atoms with Crippen molar-refractivity contribution in [2.45, 2.75) is 78.4 Å². The standard InChI is InChI=1S/2C18H15S.C16H20F4O10S2/c2*1-4-10-16(11-5-1)19(17-12-6-2-7-13-17)18-14-8-3-9-15-18;17-15(18,31-30-29-23)11(21)27-7-13-2-9-1-10(3-13)5-14(4-9,6-13)8-28-12(22)16(19,20)32(24,25)26/h2*1-15H;9-10,23H,1-8H2,(H,24,25,26)/q2*+1;/p-2. The van der Waals surface area contributed by atoms with Crippen molar-refractivity contribution in [2.75, 3.05) is 13.2 Å². The van der Waals surface area contributed by atoms with Crippen LogP contribution in [0.25, 0.3) is 0 Å². The molecule has 368 valence electrons. The molecule has 0 saturated heterocycles. The third-order valence-corrected chi connectivity index (χ3v) is 17.9. The largest absolute Gasteiger partial charge is 0.743 e. The molecule has 6 aromatic rings. The van der Waals surface area contributed by atoms with Crippen LogP contribution in [0.2, 0.25) is 0 Å². The zero-order valence-corrected chi connectivity index (χ0v) is 40.6. The van der Waals surface area contributed by atoms with Crippen LogP contribution in [0.1, 0.15) is 38.5 Å². The first-order valence-electron chi connectivity index (χ1n) is 22.0. The molecule has 18 heteroatoms. The summed E-state index contributed by atoms with van der Waals surface area (Å²) in [6.07, 6.45) is 2.91. The van der Waals surface area contributed by atoms with Crippen LogP contribution in [-0.2, 0) is 60.3 Å². The molecule has 4 aliphatic carbocycles. The van der Waals surface area contributed by atoms with E-state index in [-0.39, 0.29) is 40.0 Å². The van der Waals surface area contributed by atoms with Gasteiger partial charge in [0.15, 0.2) is 39.5 Å². The number of esters is 2. The molecular weight excluding hydrogens is 989 g/mol. The fraction of sp³-hybridized carbons (Fsp3) is 0.269. The van der Waals surface area contributed by atoms with Gasteiger partial charge in [-0.1, -0.05) is 109 Å². The topological polar surface area (TPSA) is 151 Å². The lowest BCUT2D eigenvalue weighted by Crippen LogP contribution is -2.56. The summed E-state index contributed by atoms with van der Waals surface area (Å²) in [5.74, 6) is -4.37. The minimum atomic E-state index is -6.26. The molecule has 0 heterocycles. The van der Waals surface area contributed by atoms with Gasteiger partial charge in [0.2, 0.25) is 0 Å². The van der Waals surface area contributed by atoms with E-state index in [9.17, 15) is 45.4 Å². The molecule has 10 rings (SSSR count). The molecule has 2 unspecified atom stereocenters. The summed E-state index contributed by atoms with van der Waals surface area (Å²) in [5.41, 5.74) is -1.61. The van der Waals surface area contributed by atoms with Gasteiger partial charge in [-0.3, -0.25) is 5.04 Å². The van der Waals surface area contributed by atoms with Crippen molar-refractivity contribution in [1.82, 2.24) is 0 Å². The van der Waals surface area contributed by atoms with Crippen molar-refractivity contribution in [3.05, 3.63) is 182 Å². The Morgan fingerprint density at radius 2 is 0.829 bits per heavy atom. The van der Waals surface area contributed by atoms with E-state index in [1.54, 1.807) is 0 Å². The van der Waals surface area contributed by atoms with E-state index in [2.05, 4.69) is 196 Å². The number of alkyl halides is 4. The highest BCUT2D eigenvalue weighted by atomic mass is 32.2. The van der Waals surface area contributed by atoms with E-state index >= 15 is 0 Å².